The molecule has 2 aromatic carbocycles. The van der Waals surface area contributed by atoms with Gasteiger partial charge in [0.1, 0.15) is 17.9 Å². The highest BCUT2D eigenvalue weighted by molar-refractivity contribution is 6.05. The highest BCUT2D eigenvalue weighted by Gasteiger charge is 2.47. The van der Waals surface area contributed by atoms with Crippen LogP contribution in [0.15, 0.2) is 66.9 Å². The number of pyridine rings is 1. The molecule has 3 saturated heterocycles. The Morgan fingerprint density at radius 2 is 1.83 bits per heavy atom. The van der Waals surface area contributed by atoms with Gasteiger partial charge in [-0.05, 0) is 54.8 Å². The number of imide groups is 1. The average molecular weight is 716 g/mol. The molecule has 3 amide bonds. The van der Waals surface area contributed by atoms with Gasteiger partial charge in [-0.15, -0.1) is 10.2 Å². The molecule has 0 radical (unpaired) electrons. The van der Waals surface area contributed by atoms with Gasteiger partial charge in [0, 0.05) is 87.7 Å². The van der Waals surface area contributed by atoms with Crippen molar-refractivity contribution in [2.24, 2.45) is 0 Å². The molecule has 9 rings (SSSR count). The third kappa shape index (κ3) is 6.16. The zero-order valence-corrected chi connectivity index (χ0v) is 29.5. The number of fused-ring (bicyclic) bond motifs is 4. The number of carbonyl (C=O) groups is 3. The van der Waals surface area contributed by atoms with Gasteiger partial charge in [-0.2, -0.15) is 0 Å². The van der Waals surface area contributed by atoms with Gasteiger partial charge in [0.25, 0.3) is 5.91 Å². The standard InChI is InChI=1S/C39H41N9O5/c1-39-18-27(22-48(39)32-17-30(43-44-36(32)41-23-39)28-4-2-3-5-33(28)49)53-35-11-6-24(19-40-35)20-45-12-14-46(15-13-45)26-8-7-25-21-47(38(52)29(25)16-26)31-9-10-34(50)42-37(31)51/h2-8,11,16-17,19,27,31,49H,9-10,12-15,18,20-23H2,1H3,(H,41,44)(H,42,50,51)/t27-,31+,39+/m1/s1. The molecule has 3 N–H and O–H groups in total. The molecule has 3 atom stereocenters. The van der Waals surface area contributed by atoms with Crippen molar-refractivity contribution < 1.29 is 24.2 Å². The highest BCUT2D eigenvalue weighted by atomic mass is 16.5. The van der Waals surface area contributed by atoms with E-state index in [0.717, 1.165) is 74.0 Å². The second kappa shape index (κ2) is 13.0. The summed E-state index contributed by atoms with van der Waals surface area (Å²) >= 11 is 0. The first-order valence-electron chi connectivity index (χ1n) is 18.2. The first kappa shape index (κ1) is 33.1. The number of aromatic hydroxyl groups is 1. The second-order valence-corrected chi connectivity index (χ2v) is 14.9. The first-order valence-corrected chi connectivity index (χ1v) is 18.2. The molecule has 7 heterocycles. The fourth-order valence-corrected chi connectivity index (χ4v) is 8.44. The number of anilines is 3. The van der Waals surface area contributed by atoms with Gasteiger partial charge in [-0.25, -0.2) is 4.98 Å². The maximum Gasteiger partial charge on any atom is 0.255 e. The van der Waals surface area contributed by atoms with Gasteiger partial charge in [-0.3, -0.25) is 24.6 Å². The molecule has 14 heteroatoms. The zero-order valence-electron chi connectivity index (χ0n) is 29.5. The van der Waals surface area contributed by atoms with Crippen LogP contribution in [0.3, 0.4) is 0 Å². The normalized spacial score (nSPS) is 24.0. The molecule has 0 spiro atoms. The Morgan fingerprint density at radius 1 is 0.981 bits per heavy atom. The summed E-state index contributed by atoms with van der Waals surface area (Å²) in [6.45, 7) is 8.18. The van der Waals surface area contributed by atoms with Crippen molar-refractivity contribution in [2.75, 3.05) is 54.4 Å². The minimum absolute atomic E-state index is 0.0593. The topological polar surface area (TPSA) is 156 Å². The van der Waals surface area contributed by atoms with E-state index in [1.54, 1.807) is 17.0 Å². The summed E-state index contributed by atoms with van der Waals surface area (Å²) in [6, 6.07) is 18.6. The lowest BCUT2D eigenvalue weighted by Crippen LogP contribution is -2.52. The van der Waals surface area contributed by atoms with Crippen molar-refractivity contribution in [3.63, 3.8) is 0 Å². The summed E-state index contributed by atoms with van der Waals surface area (Å²) in [5, 5.41) is 25.0. The number of ether oxygens (including phenoxy) is 1. The van der Waals surface area contributed by atoms with Crippen LogP contribution in [0, 0.1) is 0 Å². The number of nitrogens with one attached hydrogen (secondary N) is 2. The first-order chi connectivity index (χ1) is 25.7. The molecule has 0 aliphatic carbocycles. The minimum atomic E-state index is -0.610. The zero-order chi connectivity index (χ0) is 36.3. The number of para-hydroxylation sites is 1. The average Bonchev–Trinajstić information content (AvgIpc) is 3.68. The van der Waals surface area contributed by atoms with Crippen LogP contribution in [0.4, 0.5) is 17.2 Å². The lowest BCUT2D eigenvalue weighted by atomic mass is 9.95. The second-order valence-electron chi connectivity index (χ2n) is 14.9. The van der Waals surface area contributed by atoms with Crippen molar-refractivity contribution in [2.45, 2.75) is 57.0 Å². The summed E-state index contributed by atoms with van der Waals surface area (Å²) in [5.74, 6) is 0.676. The van der Waals surface area contributed by atoms with Crippen LogP contribution in [0.1, 0.15) is 47.7 Å². The van der Waals surface area contributed by atoms with Gasteiger partial charge in [0.15, 0.2) is 5.82 Å². The van der Waals surface area contributed by atoms with Crippen LogP contribution < -0.4 is 25.2 Å². The number of amides is 3. The van der Waals surface area contributed by atoms with Crippen LogP contribution >= 0.6 is 0 Å². The lowest BCUT2D eigenvalue weighted by Gasteiger charge is -2.41. The summed E-state index contributed by atoms with van der Waals surface area (Å²) in [5.41, 5.74) is 5.71. The van der Waals surface area contributed by atoms with E-state index in [2.05, 4.69) is 59.6 Å². The molecule has 3 fully saturated rings. The molecule has 0 bridgehead atoms. The van der Waals surface area contributed by atoms with Gasteiger partial charge < -0.3 is 29.9 Å². The largest absolute Gasteiger partial charge is 0.507 e. The van der Waals surface area contributed by atoms with Gasteiger partial charge in [0.2, 0.25) is 17.7 Å². The molecule has 272 valence electrons. The summed E-state index contributed by atoms with van der Waals surface area (Å²) in [4.78, 5) is 50.7. The number of phenols is 1. The van der Waals surface area contributed by atoms with Crippen LogP contribution in [0.25, 0.3) is 11.3 Å². The molecule has 53 heavy (non-hydrogen) atoms. The molecular weight excluding hydrogens is 674 g/mol. The molecule has 14 nitrogen and oxygen atoms in total. The predicted molar refractivity (Wildman–Crippen MR) is 197 cm³/mol. The third-order valence-electron chi connectivity index (χ3n) is 11.3. The van der Waals surface area contributed by atoms with Crippen LogP contribution in [-0.2, 0) is 22.7 Å². The van der Waals surface area contributed by atoms with Crippen LogP contribution in [-0.4, -0.2) is 105 Å². The number of aromatic nitrogens is 3. The van der Waals surface area contributed by atoms with E-state index in [1.807, 2.05) is 42.6 Å². The Kier molecular flexibility index (Phi) is 8.13. The maximum absolute atomic E-state index is 13.3. The van der Waals surface area contributed by atoms with Gasteiger partial charge in [-0.1, -0.05) is 24.3 Å². The van der Waals surface area contributed by atoms with E-state index < -0.39 is 11.9 Å². The minimum Gasteiger partial charge on any atom is -0.507 e. The van der Waals surface area contributed by atoms with Crippen molar-refractivity contribution in [3.8, 4) is 22.9 Å². The number of hydrogen-bond donors (Lipinski definition) is 3. The predicted octanol–water partition coefficient (Wildman–Crippen LogP) is 3.17. The van der Waals surface area contributed by atoms with Crippen LogP contribution in [0.5, 0.6) is 11.6 Å². The van der Waals surface area contributed by atoms with E-state index in [1.165, 1.54) is 0 Å². The highest BCUT2D eigenvalue weighted by Crippen LogP contribution is 2.43. The van der Waals surface area contributed by atoms with Crippen molar-refractivity contribution in [3.05, 3.63) is 83.6 Å². The number of nitrogens with zero attached hydrogens (tertiary/aromatic N) is 7. The summed E-state index contributed by atoms with van der Waals surface area (Å²) in [6.07, 6.45) is 3.26. The van der Waals surface area contributed by atoms with E-state index >= 15 is 0 Å². The SMILES string of the molecule is C[C@]12CNc3nnc(-c4ccccc4O)cc3N1C[C@H](Oc1ccc(CN3CCN(c4ccc5c(c4)C(=O)N([C@H]4CCC(=O)NC4=O)C5)CC3)cn1)C2. The monoisotopic (exact) mass is 715 g/mol. The fraction of sp³-hybridized carbons (Fsp3) is 0.385. The summed E-state index contributed by atoms with van der Waals surface area (Å²) in [7, 11) is 0. The number of rotatable bonds is 7. The molecule has 0 unspecified atom stereocenters. The fourth-order valence-electron chi connectivity index (χ4n) is 8.44. The van der Waals surface area contributed by atoms with Crippen molar-refractivity contribution in [1.82, 2.24) is 30.3 Å². The Hall–Kier alpha value is -5.76. The van der Waals surface area contributed by atoms with Crippen LogP contribution in [0.2, 0.25) is 0 Å². The number of piperidine rings is 1. The van der Waals surface area contributed by atoms with E-state index in [0.29, 0.717) is 42.2 Å². The Balaban J connectivity index is 0.790. The number of carbonyl (C=O) groups excluding carboxylic acids is 3. The van der Waals surface area contributed by atoms with Crippen molar-refractivity contribution >= 4 is 34.9 Å². The quantitative estimate of drug-likeness (QED) is 0.241. The maximum atomic E-state index is 13.3. The molecule has 0 saturated carbocycles. The van der Waals surface area contributed by atoms with Crippen molar-refractivity contribution in [1.29, 1.82) is 0 Å². The number of hydrogen-bond acceptors (Lipinski definition) is 12. The molecule has 4 aromatic rings. The smallest absolute Gasteiger partial charge is 0.255 e. The van der Waals surface area contributed by atoms with E-state index in [4.69, 9.17) is 4.74 Å². The molecule has 5 aliphatic rings. The Morgan fingerprint density at radius 3 is 2.62 bits per heavy atom. The molecule has 2 aromatic heterocycles. The lowest BCUT2D eigenvalue weighted by molar-refractivity contribution is -0.136. The third-order valence-corrected chi connectivity index (χ3v) is 11.3. The van der Waals surface area contributed by atoms with Gasteiger partial charge in [0.05, 0.1) is 23.5 Å². The Labute approximate surface area is 306 Å². The Bertz CT molecular complexity index is 2100. The number of benzene rings is 2. The number of piperazine rings is 1. The van der Waals surface area contributed by atoms with E-state index in [-0.39, 0.29) is 35.6 Å². The molecular formula is C39H41N9O5. The summed E-state index contributed by atoms with van der Waals surface area (Å²) < 4.78 is 6.44. The molecule has 5 aliphatic heterocycles. The van der Waals surface area contributed by atoms with E-state index in [9.17, 15) is 19.5 Å². The van der Waals surface area contributed by atoms with Gasteiger partial charge >= 0.3 is 0 Å². The number of phenolic OH excluding ortho intramolecular Hbond substituents is 1.